The van der Waals surface area contributed by atoms with Crippen LogP contribution in [-0.4, -0.2) is 5.78 Å². The van der Waals surface area contributed by atoms with Crippen molar-refractivity contribution in [3.8, 4) is 11.3 Å². The number of rotatable bonds is 4. The quantitative estimate of drug-likeness (QED) is 0.451. The maximum Gasteiger partial charge on any atom is 0.185 e. The maximum absolute atomic E-state index is 12.0. The van der Waals surface area contributed by atoms with Crippen LogP contribution in [0.25, 0.3) is 17.4 Å². The minimum atomic E-state index is -0.0396. The van der Waals surface area contributed by atoms with Gasteiger partial charge < -0.3 is 4.42 Å². The fourth-order valence-corrected chi connectivity index (χ4v) is 2.33. The predicted molar refractivity (Wildman–Crippen MR) is 91.7 cm³/mol. The van der Waals surface area contributed by atoms with Gasteiger partial charge in [0.15, 0.2) is 5.78 Å². The van der Waals surface area contributed by atoms with E-state index in [0.29, 0.717) is 11.3 Å². The standard InChI is InChI=1S/C19H13BrO2/c20-16-8-6-15(7-9-16)19-13-11-17(22-19)10-12-18(21)14-4-2-1-3-5-14/h1-13H/b12-10+. The number of halogens is 1. The molecule has 0 saturated carbocycles. The minimum absolute atomic E-state index is 0.0396. The summed E-state index contributed by atoms with van der Waals surface area (Å²) in [5, 5.41) is 0. The zero-order valence-corrected chi connectivity index (χ0v) is 13.3. The summed E-state index contributed by atoms with van der Waals surface area (Å²) in [5.41, 5.74) is 1.66. The lowest BCUT2D eigenvalue weighted by Crippen LogP contribution is -1.92. The number of carbonyl (C=O) groups is 1. The molecule has 0 bridgehead atoms. The SMILES string of the molecule is O=C(/C=C/c1ccc(-c2ccc(Br)cc2)o1)c1ccccc1. The first-order valence-electron chi connectivity index (χ1n) is 6.85. The maximum atomic E-state index is 12.0. The van der Waals surface area contributed by atoms with E-state index >= 15 is 0 Å². The summed E-state index contributed by atoms with van der Waals surface area (Å²) in [6.45, 7) is 0. The van der Waals surface area contributed by atoms with Gasteiger partial charge in [0, 0.05) is 15.6 Å². The molecule has 0 fully saturated rings. The van der Waals surface area contributed by atoms with Gasteiger partial charge in [-0.05, 0) is 36.4 Å². The van der Waals surface area contributed by atoms with E-state index in [1.54, 1.807) is 18.2 Å². The van der Waals surface area contributed by atoms with Gasteiger partial charge in [-0.1, -0.05) is 58.4 Å². The van der Waals surface area contributed by atoms with Gasteiger partial charge in [-0.15, -0.1) is 0 Å². The molecule has 0 radical (unpaired) electrons. The fourth-order valence-electron chi connectivity index (χ4n) is 2.07. The average molecular weight is 353 g/mol. The van der Waals surface area contributed by atoms with E-state index in [9.17, 15) is 4.79 Å². The van der Waals surface area contributed by atoms with Crippen molar-refractivity contribution in [2.75, 3.05) is 0 Å². The number of carbonyl (C=O) groups excluding carboxylic acids is 1. The Morgan fingerprint density at radius 3 is 2.36 bits per heavy atom. The minimum Gasteiger partial charge on any atom is -0.457 e. The lowest BCUT2D eigenvalue weighted by molar-refractivity contribution is 0.104. The molecule has 108 valence electrons. The van der Waals surface area contributed by atoms with E-state index in [0.717, 1.165) is 15.8 Å². The molecule has 3 rings (SSSR count). The number of hydrogen-bond donors (Lipinski definition) is 0. The van der Waals surface area contributed by atoms with Crippen LogP contribution < -0.4 is 0 Å². The molecule has 2 aromatic carbocycles. The molecule has 1 aromatic heterocycles. The van der Waals surface area contributed by atoms with E-state index in [4.69, 9.17) is 4.42 Å². The first-order chi connectivity index (χ1) is 10.7. The third-order valence-electron chi connectivity index (χ3n) is 3.21. The van der Waals surface area contributed by atoms with Crippen LogP contribution in [0.2, 0.25) is 0 Å². The van der Waals surface area contributed by atoms with Gasteiger partial charge in [0.05, 0.1) is 0 Å². The molecule has 22 heavy (non-hydrogen) atoms. The van der Waals surface area contributed by atoms with Gasteiger partial charge in [-0.25, -0.2) is 0 Å². The van der Waals surface area contributed by atoms with Crippen LogP contribution in [0.4, 0.5) is 0 Å². The molecule has 2 nitrogen and oxygen atoms in total. The Balaban J connectivity index is 1.75. The third-order valence-corrected chi connectivity index (χ3v) is 3.74. The molecule has 0 spiro atoms. The molecule has 0 unspecified atom stereocenters. The molecule has 0 aliphatic rings. The van der Waals surface area contributed by atoms with Crippen LogP contribution in [0.1, 0.15) is 16.1 Å². The van der Waals surface area contributed by atoms with Crippen molar-refractivity contribution in [1.29, 1.82) is 0 Å². The Morgan fingerprint density at radius 1 is 0.909 bits per heavy atom. The van der Waals surface area contributed by atoms with Crippen molar-refractivity contribution in [2.24, 2.45) is 0 Å². The molecule has 0 N–H and O–H groups in total. The van der Waals surface area contributed by atoms with Crippen molar-refractivity contribution in [1.82, 2.24) is 0 Å². The molecule has 3 aromatic rings. The van der Waals surface area contributed by atoms with Gasteiger partial charge >= 0.3 is 0 Å². The van der Waals surface area contributed by atoms with Crippen LogP contribution in [0.15, 0.2) is 81.7 Å². The van der Waals surface area contributed by atoms with Gasteiger partial charge in [0.2, 0.25) is 0 Å². The molecular weight excluding hydrogens is 340 g/mol. The molecule has 0 amide bonds. The summed E-state index contributed by atoms with van der Waals surface area (Å²) in [6, 6.07) is 20.8. The smallest absolute Gasteiger partial charge is 0.185 e. The van der Waals surface area contributed by atoms with E-state index in [1.165, 1.54) is 6.08 Å². The number of ketones is 1. The summed E-state index contributed by atoms with van der Waals surface area (Å²) < 4.78 is 6.77. The monoisotopic (exact) mass is 352 g/mol. The highest BCUT2D eigenvalue weighted by molar-refractivity contribution is 9.10. The highest BCUT2D eigenvalue weighted by Gasteiger charge is 2.04. The number of furan rings is 1. The molecule has 3 heteroatoms. The first kappa shape index (κ1) is 14.5. The summed E-state index contributed by atoms with van der Waals surface area (Å²) in [5.74, 6) is 1.39. The second kappa shape index (κ2) is 6.58. The van der Waals surface area contributed by atoms with Crippen molar-refractivity contribution >= 4 is 27.8 Å². The first-order valence-corrected chi connectivity index (χ1v) is 7.65. The highest BCUT2D eigenvalue weighted by Crippen LogP contribution is 2.24. The number of benzene rings is 2. The highest BCUT2D eigenvalue weighted by atomic mass is 79.9. The summed E-state index contributed by atoms with van der Waals surface area (Å²) in [6.07, 6.45) is 3.22. The molecule has 0 atom stereocenters. The van der Waals surface area contributed by atoms with Crippen LogP contribution in [0.3, 0.4) is 0 Å². The van der Waals surface area contributed by atoms with Gasteiger partial charge in [-0.3, -0.25) is 4.79 Å². The second-order valence-electron chi connectivity index (χ2n) is 4.77. The Hall–Kier alpha value is -2.39. The fraction of sp³-hybridized carbons (Fsp3) is 0. The Morgan fingerprint density at radius 2 is 1.64 bits per heavy atom. The van der Waals surface area contributed by atoms with Crippen LogP contribution in [0.5, 0.6) is 0 Å². The van der Waals surface area contributed by atoms with E-state index < -0.39 is 0 Å². The number of allylic oxidation sites excluding steroid dienone is 1. The van der Waals surface area contributed by atoms with Gasteiger partial charge in [0.25, 0.3) is 0 Å². The largest absolute Gasteiger partial charge is 0.457 e. The zero-order chi connectivity index (χ0) is 15.4. The molecule has 0 aliphatic carbocycles. The van der Waals surface area contributed by atoms with Crippen molar-refractivity contribution in [3.05, 3.63) is 88.6 Å². The molecular formula is C19H13BrO2. The van der Waals surface area contributed by atoms with Crippen molar-refractivity contribution in [2.45, 2.75) is 0 Å². The topological polar surface area (TPSA) is 30.2 Å². The van der Waals surface area contributed by atoms with Crippen LogP contribution >= 0.6 is 15.9 Å². The van der Waals surface area contributed by atoms with Gasteiger partial charge in [0.1, 0.15) is 11.5 Å². The van der Waals surface area contributed by atoms with E-state index in [2.05, 4.69) is 15.9 Å². The normalized spacial score (nSPS) is 11.0. The number of hydrogen-bond acceptors (Lipinski definition) is 2. The third kappa shape index (κ3) is 3.43. The summed E-state index contributed by atoms with van der Waals surface area (Å²) >= 11 is 3.41. The van der Waals surface area contributed by atoms with Crippen LogP contribution in [-0.2, 0) is 0 Å². The second-order valence-corrected chi connectivity index (χ2v) is 5.69. The van der Waals surface area contributed by atoms with Crippen molar-refractivity contribution in [3.63, 3.8) is 0 Å². The average Bonchev–Trinajstić information content (AvgIpc) is 3.03. The van der Waals surface area contributed by atoms with Crippen LogP contribution in [0, 0.1) is 0 Å². The Labute approximate surface area is 137 Å². The molecule has 0 aliphatic heterocycles. The lowest BCUT2D eigenvalue weighted by Gasteiger charge is -1.96. The van der Waals surface area contributed by atoms with E-state index in [1.807, 2.05) is 54.6 Å². The predicted octanol–water partition coefficient (Wildman–Crippen LogP) is 5.61. The Kier molecular flexibility index (Phi) is 4.35. The zero-order valence-electron chi connectivity index (χ0n) is 11.7. The van der Waals surface area contributed by atoms with E-state index in [-0.39, 0.29) is 5.78 Å². The molecule has 0 saturated heterocycles. The molecule has 1 heterocycles. The lowest BCUT2D eigenvalue weighted by atomic mass is 10.1. The van der Waals surface area contributed by atoms with Gasteiger partial charge in [-0.2, -0.15) is 0 Å². The summed E-state index contributed by atoms with van der Waals surface area (Å²) in [4.78, 5) is 12.0. The van der Waals surface area contributed by atoms with Crippen molar-refractivity contribution < 1.29 is 9.21 Å². The Bertz CT molecular complexity index is 799. The summed E-state index contributed by atoms with van der Waals surface area (Å²) in [7, 11) is 0.